The molecular formula is C11H22O2. The third kappa shape index (κ3) is 5.27. The van der Waals surface area contributed by atoms with Crippen LogP contribution in [0.1, 0.15) is 40.0 Å². The molecule has 0 aromatic carbocycles. The molecule has 0 aromatic heterocycles. The number of ether oxygens (including phenoxy) is 2. The normalized spacial score (nSPS) is 24.7. The minimum atomic E-state index is 0.272. The topological polar surface area (TPSA) is 18.5 Å². The van der Waals surface area contributed by atoms with E-state index in [1.807, 2.05) is 0 Å². The minimum absolute atomic E-state index is 0.272. The monoisotopic (exact) mass is 186 g/mol. The SMILES string of the molecule is CC(C)(C)COCC1CCCCO1. The van der Waals surface area contributed by atoms with Crippen LogP contribution in [-0.2, 0) is 9.47 Å². The highest BCUT2D eigenvalue weighted by Crippen LogP contribution is 2.16. The standard InChI is InChI=1S/C11H22O2/c1-11(2,3)9-12-8-10-6-4-5-7-13-10/h10H,4-9H2,1-3H3. The quantitative estimate of drug-likeness (QED) is 0.674. The fraction of sp³-hybridized carbons (Fsp3) is 1.00. The van der Waals surface area contributed by atoms with Gasteiger partial charge in [0, 0.05) is 6.61 Å². The van der Waals surface area contributed by atoms with Gasteiger partial charge in [0.25, 0.3) is 0 Å². The van der Waals surface area contributed by atoms with Crippen molar-refractivity contribution in [2.45, 2.75) is 46.1 Å². The Hall–Kier alpha value is -0.0800. The highest BCUT2D eigenvalue weighted by atomic mass is 16.5. The first-order chi connectivity index (χ1) is 6.08. The zero-order chi connectivity index (χ0) is 9.73. The van der Waals surface area contributed by atoms with Gasteiger partial charge in [0.1, 0.15) is 0 Å². The van der Waals surface area contributed by atoms with Gasteiger partial charge in [0.15, 0.2) is 0 Å². The van der Waals surface area contributed by atoms with E-state index in [4.69, 9.17) is 9.47 Å². The van der Waals surface area contributed by atoms with Gasteiger partial charge in [0.2, 0.25) is 0 Å². The molecule has 1 atom stereocenters. The van der Waals surface area contributed by atoms with Crippen LogP contribution in [0.4, 0.5) is 0 Å². The average Bonchev–Trinajstić information content (AvgIpc) is 2.04. The molecule has 1 aliphatic heterocycles. The third-order valence-electron chi connectivity index (χ3n) is 2.11. The molecular weight excluding hydrogens is 164 g/mol. The Labute approximate surface area is 81.6 Å². The molecule has 1 fully saturated rings. The molecule has 0 saturated carbocycles. The first kappa shape index (κ1) is 11.0. The molecule has 1 unspecified atom stereocenters. The van der Waals surface area contributed by atoms with Gasteiger partial charge in [-0.25, -0.2) is 0 Å². The molecule has 0 aliphatic carbocycles. The van der Waals surface area contributed by atoms with Crippen molar-refractivity contribution in [3.63, 3.8) is 0 Å². The van der Waals surface area contributed by atoms with Crippen LogP contribution >= 0.6 is 0 Å². The number of hydrogen-bond donors (Lipinski definition) is 0. The lowest BCUT2D eigenvalue weighted by Gasteiger charge is -2.24. The zero-order valence-corrected chi connectivity index (χ0v) is 9.14. The second kappa shape index (κ2) is 4.97. The summed E-state index contributed by atoms with van der Waals surface area (Å²) in [5, 5.41) is 0. The van der Waals surface area contributed by atoms with Crippen molar-refractivity contribution in [1.82, 2.24) is 0 Å². The summed E-state index contributed by atoms with van der Waals surface area (Å²) in [6, 6.07) is 0. The average molecular weight is 186 g/mol. The predicted octanol–water partition coefficient (Wildman–Crippen LogP) is 2.62. The fourth-order valence-corrected chi connectivity index (χ4v) is 1.44. The van der Waals surface area contributed by atoms with Crippen LogP contribution in [0, 0.1) is 5.41 Å². The summed E-state index contributed by atoms with van der Waals surface area (Å²) in [6.45, 7) is 9.09. The first-order valence-electron chi connectivity index (χ1n) is 5.27. The van der Waals surface area contributed by atoms with E-state index in [0.717, 1.165) is 19.8 Å². The summed E-state index contributed by atoms with van der Waals surface area (Å²) < 4.78 is 11.2. The van der Waals surface area contributed by atoms with Crippen molar-refractivity contribution in [2.75, 3.05) is 19.8 Å². The van der Waals surface area contributed by atoms with E-state index in [1.54, 1.807) is 0 Å². The van der Waals surface area contributed by atoms with Crippen LogP contribution in [0.2, 0.25) is 0 Å². The van der Waals surface area contributed by atoms with Crippen molar-refractivity contribution in [3.8, 4) is 0 Å². The molecule has 1 saturated heterocycles. The molecule has 1 heterocycles. The lowest BCUT2D eigenvalue weighted by atomic mass is 9.99. The van der Waals surface area contributed by atoms with E-state index in [0.29, 0.717) is 6.10 Å². The summed E-state index contributed by atoms with van der Waals surface area (Å²) >= 11 is 0. The highest BCUT2D eigenvalue weighted by Gasteiger charge is 2.16. The Morgan fingerprint density at radius 1 is 1.31 bits per heavy atom. The molecule has 1 rings (SSSR count). The van der Waals surface area contributed by atoms with Gasteiger partial charge in [0.05, 0.1) is 19.3 Å². The summed E-state index contributed by atoms with van der Waals surface area (Å²) in [4.78, 5) is 0. The maximum atomic E-state index is 5.61. The Morgan fingerprint density at radius 3 is 2.62 bits per heavy atom. The van der Waals surface area contributed by atoms with Gasteiger partial charge in [-0.05, 0) is 24.7 Å². The Bertz CT molecular complexity index is 132. The van der Waals surface area contributed by atoms with Crippen molar-refractivity contribution in [2.24, 2.45) is 5.41 Å². The van der Waals surface area contributed by atoms with Gasteiger partial charge in [-0.15, -0.1) is 0 Å². The first-order valence-corrected chi connectivity index (χ1v) is 5.27. The van der Waals surface area contributed by atoms with E-state index in [1.165, 1.54) is 19.3 Å². The van der Waals surface area contributed by atoms with Gasteiger partial charge >= 0.3 is 0 Å². The van der Waals surface area contributed by atoms with Crippen molar-refractivity contribution < 1.29 is 9.47 Å². The van der Waals surface area contributed by atoms with Crippen LogP contribution in [0.15, 0.2) is 0 Å². The second-order valence-electron chi connectivity index (χ2n) is 5.06. The fourth-order valence-electron chi connectivity index (χ4n) is 1.44. The van der Waals surface area contributed by atoms with Crippen LogP contribution in [0.3, 0.4) is 0 Å². The van der Waals surface area contributed by atoms with E-state index in [-0.39, 0.29) is 5.41 Å². The zero-order valence-electron chi connectivity index (χ0n) is 9.14. The minimum Gasteiger partial charge on any atom is -0.378 e. The molecule has 1 aliphatic rings. The Balaban J connectivity index is 2.04. The van der Waals surface area contributed by atoms with E-state index < -0.39 is 0 Å². The molecule has 13 heavy (non-hydrogen) atoms. The predicted molar refractivity (Wildman–Crippen MR) is 53.9 cm³/mol. The van der Waals surface area contributed by atoms with E-state index in [2.05, 4.69) is 20.8 Å². The Morgan fingerprint density at radius 2 is 2.08 bits per heavy atom. The molecule has 0 N–H and O–H groups in total. The van der Waals surface area contributed by atoms with Crippen molar-refractivity contribution in [1.29, 1.82) is 0 Å². The van der Waals surface area contributed by atoms with Gasteiger partial charge in [-0.3, -0.25) is 0 Å². The molecule has 0 spiro atoms. The van der Waals surface area contributed by atoms with Crippen LogP contribution in [-0.4, -0.2) is 25.9 Å². The molecule has 78 valence electrons. The molecule has 2 heteroatoms. The lowest BCUT2D eigenvalue weighted by Crippen LogP contribution is -2.26. The molecule has 0 bridgehead atoms. The third-order valence-corrected chi connectivity index (χ3v) is 2.11. The summed E-state index contributed by atoms with van der Waals surface area (Å²) in [7, 11) is 0. The molecule has 2 nitrogen and oxygen atoms in total. The second-order valence-corrected chi connectivity index (χ2v) is 5.06. The Kier molecular flexibility index (Phi) is 4.20. The number of rotatable bonds is 3. The maximum absolute atomic E-state index is 5.61. The van der Waals surface area contributed by atoms with E-state index >= 15 is 0 Å². The van der Waals surface area contributed by atoms with Gasteiger partial charge < -0.3 is 9.47 Å². The lowest BCUT2D eigenvalue weighted by molar-refractivity contribution is -0.0528. The molecule has 0 radical (unpaired) electrons. The van der Waals surface area contributed by atoms with Crippen LogP contribution in [0.5, 0.6) is 0 Å². The number of hydrogen-bond acceptors (Lipinski definition) is 2. The van der Waals surface area contributed by atoms with Crippen LogP contribution < -0.4 is 0 Å². The summed E-state index contributed by atoms with van der Waals surface area (Å²) in [5.74, 6) is 0. The smallest absolute Gasteiger partial charge is 0.0808 e. The summed E-state index contributed by atoms with van der Waals surface area (Å²) in [6.07, 6.45) is 4.04. The van der Waals surface area contributed by atoms with E-state index in [9.17, 15) is 0 Å². The maximum Gasteiger partial charge on any atom is 0.0808 e. The molecule has 0 aromatic rings. The van der Waals surface area contributed by atoms with Crippen molar-refractivity contribution in [3.05, 3.63) is 0 Å². The largest absolute Gasteiger partial charge is 0.378 e. The van der Waals surface area contributed by atoms with Gasteiger partial charge in [-0.2, -0.15) is 0 Å². The van der Waals surface area contributed by atoms with Gasteiger partial charge in [-0.1, -0.05) is 20.8 Å². The van der Waals surface area contributed by atoms with Crippen LogP contribution in [0.25, 0.3) is 0 Å². The highest BCUT2D eigenvalue weighted by molar-refractivity contribution is 4.64. The van der Waals surface area contributed by atoms with Crippen molar-refractivity contribution >= 4 is 0 Å². The summed E-state index contributed by atoms with van der Waals surface area (Å²) in [5.41, 5.74) is 0.272. The molecule has 0 amide bonds.